The zero-order valence-corrected chi connectivity index (χ0v) is 20.2. The van der Waals surface area contributed by atoms with E-state index in [0.717, 1.165) is 17.2 Å². The lowest BCUT2D eigenvalue weighted by Gasteiger charge is -2.12. The van der Waals surface area contributed by atoms with Crippen LogP contribution in [0.4, 0.5) is 5.69 Å². The van der Waals surface area contributed by atoms with Crippen molar-refractivity contribution in [2.75, 3.05) is 5.32 Å². The van der Waals surface area contributed by atoms with E-state index in [9.17, 15) is 14.9 Å². The lowest BCUT2D eigenvalue weighted by Crippen LogP contribution is -2.21. The normalized spacial score (nSPS) is 11.2. The maximum atomic E-state index is 13.4. The van der Waals surface area contributed by atoms with Crippen LogP contribution in [0.3, 0.4) is 0 Å². The van der Waals surface area contributed by atoms with E-state index in [1.807, 2.05) is 25.1 Å². The van der Waals surface area contributed by atoms with Crippen molar-refractivity contribution in [3.63, 3.8) is 0 Å². The van der Waals surface area contributed by atoms with E-state index in [-0.39, 0.29) is 27.8 Å². The third kappa shape index (κ3) is 5.04. The molecule has 2 aromatic carbocycles. The molecule has 0 aliphatic carbocycles. The summed E-state index contributed by atoms with van der Waals surface area (Å²) in [5.74, 6) is -0.575. The first-order chi connectivity index (χ1) is 16.8. The van der Waals surface area contributed by atoms with Gasteiger partial charge in [-0.3, -0.25) is 14.0 Å². The number of para-hydroxylation sites is 1. The summed E-state index contributed by atoms with van der Waals surface area (Å²) in [6.07, 6.45) is 2.71. The molecule has 0 atom stereocenters. The van der Waals surface area contributed by atoms with Crippen molar-refractivity contribution in [3.05, 3.63) is 103 Å². The Morgan fingerprint density at radius 3 is 2.57 bits per heavy atom. The summed E-state index contributed by atoms with van der Waals surface area (Å²) in [7, 11) is 0. The SMILES string of the molecule is Cc1ccccc1NC(=O)/C(C#N)=C\c1c(Oc2ccc(Cl)cc2Cl)nc2c(C)cccn2c1=O. The molecule has 4 rings (SSSR count). The average molecular weight is 505 g/mol. The number of aryl methyl sites for hydroxylation is 2. The number of carbonyl (C=O) groups is 1. The van der Waals surface area contributed by atoms with Gasteiger partial charge in [-0.1, -0.05) is 47.5 Å². The number of nitrogens with one attached hydrogen (secondary N) is 1. The van der Waals surface area contributed by atoms with Crippen molar-refractivity contribution in [2.45, 2.75) is 13.8 Å². The summed E-state index contributed by atoms with van der Waals surface area (Å²) in [5.41, 5.74) is 1.55. The Labute approximate surface area is 210 Å². The van der Waals surface area contributed by atoms with Crippen molar-refractivity contribution in [1.82, 2.24) is 9.38 Å². The zero-order chi connectivity index (χ0) is 25.1. The predicted molar refractivity (Wildman–Crippen MR) is 136 cm³/mol. The van der Waals surface area contributed by atoms with Gasteiger partial charge in [0, 0.05) is 16.9 Å². The van der Waals surface area contributed by atoms with E-state index < -0.39 is 11.5 Å². The second-order valence-corrected chi connectivity index (χ2v) is 8.48. The van der Waals surface area contributed by atoms with Crippen LogP contribution in [-0.4, -0.2) is 15.3 Å². The Morgan fingerprint density at radius 1 is 1.11 bits per heavy atom. The van der Waals surface area contributed by atoms with Crippen LogP contribution in [0.1, 0.15) is 16.7 Å². The van der Waals surface area contributed by atoms with Gasteiger partial charge in [0.05, 0.1) is 5.02 Å². The molecule has 9 heteroatoms. The lowest BCUT2D eigenvalue weighted by atomic mass is 10.1. The first-order valence-corrected chi connectivity index (χ1v) is 11.2. The van der Waals surface area contributed by atoms with Gasteiger partial charge in [0.25, 0.3) is 11.5 Å². The number of pyridine rings is 1. The Bertz CT molecular complexity index is 1600. The number of ether oxygens (including phenoxy) is 1. The molecule has 7 nitrogen and oxygen atoms in total. The highest BCUT2D eigenvalue weighted by Crippen LogP contribution is 2.32. The number of carbonyl (C=O) groups excluding carboxylic acids is 1. The van der Waals surface area contributed by atoms with Crippen LogP contribution in [0.25, 0.3) is 11.7 Å². The van der Waals surface area contributed by atoms with Crippen LogP contribution in [0.15, 0.2) is 71.2 Å². The fraction of sp³-hybridized carbons (Fsp3) is 0.0769. The van der Waals surface area contributed by atoms with Gasteiger partial charge in [-0.15, -0.1) is 0 Å². The number of rotatable bonds is 5. The Kier molecular flexibility index (Phi) is 6.87. The molecule has 1 amide bonds. The minimum atomic E-state index is -0.675. The molecule has 0 aliphatic heterocycles. The van der Waals surface area contributed by atoms with Crippen LogP contribution in [0.2, 0.25) is 10.0 Å². The minimum Gasteiger partial charge on any atom is -0.437 e. The van der Waals surface area contributed by atoms with Crippen molar-refractivity contribution in [1.29, 1.82) is 5.26 Å². The highest BCUT2D eigenvalue weighted by Gasteiger charge is 2.19. The van der Waals surface area contributed by atoms with Gasteiger partial charge in [0.15, 0.2) is 0 Å². The van der Waals surface area contributed by atoms with Crippen LogP contribution >= 0.6 is 23.2 Å². The molecule has 0 saturated carbocycles. The van der Waals surface area contributed by atoms with E-state index in [1.54, 1.807) is 43.5 Å². The van der Waals surface area contributed by atoms with Gasteiger partial charge in [-0.25, -0.2) is 0 Å². The lowest BCUT2D eigenvalue weighted by molar-refractivity contribution is -0.112. The standard InChI is InChI=1S/C26H18Cl2N4O3/c1-15-6-3-4-8-21(15)30-24(33)17(14-29)12-19-25(35-22-10-9-18(27)13-20(22)28)31-23-16(2)7-5-11-32(23)26(19)34/h3-13H,1-2H3,(H,30,33)/b17-12-. The topological polar surface area (TPSA) is 96.5 Å². The first-order valence-electron chi connectivity index (χ1n) is 10.4. The van der Waals surface area contributed by atoms with Gasteiger partial charge in [0.1, 0.15) is 28.6 Å². The predicted octanol–water partition coefficient (Wildman–Crippen LogP) is 5.96. The molecule has 174 valence electrons. The largest absolute Gasteiger partial charge is 0.437 e. The third-order valence-electron chi connectivity index (χ3n) is 5.20. The van der Waals surface area contributed by atoms with Gasteiger partial charge in [0.2, 0.25) is 5.88 Å². The van der Waals surface area contributed by atoms with Gasteiger partial charge < -0.3 is 10.1 Å². The number of nitriles is 1. The molecule has 0 spiro atoms. The molecule has 1 N–H and O–H groups in total. The molecule has 0 radical (unpaired) electrons. The quantitative estimate of drug-likeness (QED) is 0.267. The number of aromatic nitrogens is 2. The highest BCUT2D eigenvalue weighted by molar-refractivity contribution is 6.35. The van der Waals surface area contributed by atoms with E-state index in [1.165, 1.54) is 16.5 Å². The number of nitrogens with zero attached hydrogens (tertiary/aromatic N) is 3. The van der Waals surface area contributed by atoms with Crippen molar-refractivity contribution in [3.8, 4) is 17.7 Å². The number of anilines is 1. The summed E-state index contributed by atoms with van der Waals surface area (Å²) in [6.45, 7) is 3.63. The monoisotopic (exact) mass is 504 g/mol. The number of hydrogen-bond acceptors (Lipinski definition) is 5. The van der Waals surface area contributed by atoms with Crippen LogP contribution in [0, 0.1) is 25.2 Å². The third-order valence-corrected chi connectivity index (χ3v) is 5.73. The van der Waals surface area contributed by atoms with Crippen LogP contribution in [-0.2, 0) is 4.79 Å². The smallest absolute Gasteiger partial charge is 0.269 e. The molecule has 0 aliphatic rings. The number of halogens is 2. The molecule has 0 bridgehead atoms. The van der Waals surface area contributed by atoms with E-state index in [2.05, 4.69) is 10.3 Å². The second kappa shape index (κ2) is 10.0. The Hall–Kier alpha value is -4.12. The van der Waals surface area contributed by atoms with E-state index in [0.29, 0.717) is 16.4 Å². The zero-order valence-electron chi connectivity index (χ0n) is 18.7. The molecule has 0 unspecified atom stereocenters. The maximum Gasteiger partial charge on any atom is 0.269 e. The second-order valence-electron chi connectivity index (χ2n) is 7.64. The number of amides is 1. The summed E-state index contributed by atoms with van der Waals surface area (Å²) in [6, 6.07) is 17.1. The summed E-state index contributed by atoms with van der Waals surface area (Å²) in [4.78, 5) is 30.8. The maximum absolute atomic E-state index is 13.4. The summed E-state index contributed by atoms with van der Waals surface area (Å²) in [5, 5.41) is 13.0. The molecule has 2 aromatic heterocycles. The molecule has 4 aromatic rings. The molecular weight excluding hydrogens is 487 g/mol. The average Bonchev–Trinajstić information content (AvgIpc) is 2.83. The van der Waals surface area contributed by atoms with Crippen molar-refractivity contribution < 1.29 is 9.53 Å². The molecule has 0 saturated heterocycles. The van der Waals surface area contributed by atoms with Crippen LogP contribution in [0.5, 0.6) is 11.6 Å². The summed E-state index contributed by atoms with van der Waals surface area (Å²) >= 11 is 12.2. The molecule has 2 heterocycles. The Morgan fingerprint density at radius 2 is 1.86 bits per heavy atom. The molecular formula is C26H18Cl2N4O3. The number of hydrogen-bond donors (Lipinski definition) is 1. The molecule has 0 fully saturated rings. The highest BCUT2D eigenvalue weighted by atomic mass is 35.5. The van der Waals surface area contributed by atoms with E-state index >= 15 is 0 Å². The summed E-state index contributed by atoms with van der Waals surface area (Å²) < 4.78 is 7.23. The van der Waals surface area contributed by atoms with Gasteiger partial charge >= 0.3 is 0 Å². The molecule has 35 heavy (non-hydrogen) atoms. The fourth-order valence-electron chi connectivity index (χ4n) is 3.35. The van der Waals surface area contributed by atoms with Crippen LogP contribution < -0.4 is 15.6 Å². The van der Waals surface area contributed by atoms with Crippen molar-refractivity contribution in [2.24, 2.45) is 0 Å². The van der Waals surface area contributed by atoms with Crippen molar-refractivity contribution >= 4 is 46.5 Å². The fourth-order valence-corrected chi connectivity index (χ4v) is 3.80. The first kappa shape index (κ1) is 24.0. The number of fused-ring (bicyclic) bond motifs is 1. The van der Waals surface area contributed by atoms with E-state index in [4.69, 9.17) is 27.9 Å². The van der Waals surface area contributed by atoms with Gasteiger partial charge in [-0.05, 0) is 61.4 Å². The van der Waals surface area contributed by atoms with Gasteiger partial charge in [-0.2, -0.15) is 10.2 Å². The minimum absolute atomic E-state index is 0.0874. The Balaban J connectivity index is 1.86. The number of benzene rings is 2.